The molecule has 2 atom stereocenters. The van der Waals surface area contributed by atoms with Gasteiger partial charge in [0.25, 0.3) is 5.92 Å². The third kappa shape index (κ3) is 6.63. The molecule has 23 heavy (non-hydrogen) atoms. The number of nitrogens with two attached hydrogens (primary N) is 1. The van der Waals surface area contributed by atoms with E-state index in [1.807, 2.05) is 27.7 Å². The summed E-state index contributed by atoms with van der Waals surface area (Å²) in [6, 6.07) is 5.02. The van der Waals surface area contributed by atoms with Crippen molar-refractivity contribution in [1.82, 2.24) is 4.72 Å². The lowest BCUT2D eigenvalue weighted by molar-refractivity contribution is -0.0232. The van der Waals surface area contributed by atoms with Gasteiger partial charge in [0.15, 0.2) is 6.61 Å². The predicted molar refractivity (Wildman–Crippen MR) is 89.9 cm³/mol. The van der Waals surface area contributed by atoms with Crippen molar-refractivity contribution in [3.63, 3.8) is 0 Å². The molecule has 0 aromatic heterocycles. The van der Waals surface area contributed by atoms with Crippen LogP contribution in [0.15, 0.2) is 18.2 Å². The van der Waals surface area contributed by atoms with Gasteiger partial charge in [-0.2, -0.15) is 0 Å². The van der Waals surface area contributed by atoms with E-state index in [0.717, 1.165) is 12.5 Å². The lowest BCUT2D eigenvalue weighted by atomic mass is 10.0. The first kappa shape index (κ1) is 20.2. The van der Waals surface area contributed by atoms with Crippen molar-refractivity contribution in [1.29, 1.82) is 0 Å². The minimum absolute atomic E-state index is 0.165. The Labute approximate surface area is 140 Å². The Kier molecular flexibility index (Phi) is 6.82. The highest BCUT2D eigenvalue weighted by atomic mass is 32.2. The molecule has 1 aromatic carbocycles. The van der Waals surface area contributed by atoms with Gasteiger partial charge in [-0.05, 0) is 45.4 Å². The summed E-state index contributed by atoms with van der Waals surface area (Å²) in [4.78, 5) is 0. The largest absolute Gasteiger partial charge is 0.598 e. The summed E-state index contributed by atoms with van der Waals surface area (Å²) in [6.07, 6.45) is 0. The van der Waals surface area contributed by atoms with Crippen molar-refractivity contribution in [2.24, 2.45) is 5.73 Å². The Hall–Kier alpha value is -0.890. The fourth-order valence-corrected chi connectivity index (χ4v) is 2.59. The van der Waals surface area contributed by atoms with Crippen LogP contribution in [0.25, 0.3) is 0 Å². The van der Waals surface area contributed by atoms with Crippen LogP contribution in [0.1, 0.15) is 51.8 Å². The van der Waals surface area contributed by atoms with E-state index in [1.54, 1.807) is 18.2 Å². The smallest absolute Gasteiger partial charge is 0.278 e. The van der Waals surface area contributed by atoms with E-state index >= 15 is 0 Å². The van der Waals surface area contributed by atoms with Gasteiger partial charge in [0.1, 0.15) is 10.5 Å². The Bertz CT molecular complexity index is 516. The van der Waals surface area contributed by atoms with Gasteiger partial charge < -0.3 is 15.0 Å². The summed E-state index contributed by atoms with van der Waals surface area (Å²) in [6.45, 7) is 7.83. The van der Waals surface area contributed by atoms with Crippen LogP contribution < -0.4 is 15.2 Å². The van der Waals surface area contributed by atoms with Crippen LogP contribution in [0.5, 0.6) is 5.75 Å². The predicted octanol–water partition coefficient (Wildman–Crippen LogP) is 3.29. The average molecular weight is 348 g/mol. The quantitative estimate of drug-likeness (QED) is 0.742. The zero-order valence-corrected chi connectivity index (χ0v) is 15.1. The Morgan fingerprint density at radius 1 is 1.30 bits per heavy atom. The monoisotopic (exact) mass is 348 g/mol. The van der Waals surface area contributed by atoms with E-state index in [2.05, 4.69) is 4.72 Å². The molecule has 0 amide bonds. The molecule has 132 valence electrons. The van der Waals surface area contributed by atoms with E-state index in [-0.39, 0.29) is 17.3 Å². The molecular weight excluding hydrogens is 322 g/mol. The molecule has 3 N–H and O–H groups in total. The van der Waals surface area contributed by atoms with Crippen LogP contribution in [0.2, 0.25) is 0 Å². The van der Waals surface area contributed by atoms with Gasteiger partial charge in [0, 0.05) is 30.4 Å². The Balaban J connectivity index is 2.86. The van der Waals surface area contributed by atoms with Crippen LogP contribution in [0.3, 0.4) is 0 Å². The summed E-state index contributed by atoms with van der Waals surface area (Å²) >= 11 is -1.21. The third-order valence-electron chi connectivity index (χ3n) is 3.13. The summed E-state index contributed by atoms with van der Waals surface area (Å²) < 4.78 is 45.8. The van der Waals surface area contributed by atoms with Gasteiger partial charge in [-0.1, -0.05) is 6.07 Å². The number of alkyl halides is 2. The molecule has 0 aliphatic heterocycles. The second kappa shape index (κ2) is 7.79. The van der Waals surface area contributed by atoms with E-state index in [0.29, 0.717) is 11.3 Å². The normalized spacial score (nSPS) is 15.3. The molecule has 0 saturated heterocycles. The number of hydrogen-bond donors (Lipinski definition) is 2. The van der Waals surface area contributed by atoms with Crippen LogP contribution in [0, 0.1) is 0 Å². The lowest BCUT2D eigenvalue weighted by Gasteiger charge is -2.27. The third-order valence-corrected chi connectivity index (χ3v) is 4.81. The van der Waals surface area contributed by atoms with E-state index in [4.69, 9.17) is 10.5 Å². The number of benzene rings is 1. The Morgan fingerprint density at radius 3 is 2.39 bits per heavy atom. The minimum atomic E-state index is -2.90. The molecule has 0 spiro atoms. The molecule has 0 radical (unpaired) electrons. The fourth-order valence-electron chi connectivity index (χ4n) is 1.78. The first-order valence-corrected chi connectivity index (χ1v) is 8.60. The van der Waals surface area contributed by atoms with E-state index < -0.39 is 23.9 Å². The van der Waals surface area contributed by atoms with Crippen LogP contribution in [-0.2, 0) is 17.9 Å². The molecule has 1 aromatic rings. The fraction of sp³-hybridized carbons (Fsp3) is 0.625. The molecule has 1 unspecified atom stereocenters. The van der Waals surface area contributed by atoms with Crippen molar-refractivity contribution in [3.8, 4) is 5.75 Å². The number of nitrogens with one attached hydrogen (secondary N) is 1. The van der Waals surface area contributed by atoms with Gasteiger partial charge in [0.05, 0.1) is 6.04 Å². The molecule has 0 fully saturated rings. The van der Waals surface area contributed by atoms with Crippen molar-refractivity contribution in [3.05, 3.63) is 29.3 Å². The highest BCUT2D eigenvalue weighted by Crippen LogP contribution is 2.26. The first-order valence-electron chi connectivity index (χ1n) is 7.45. The van der Waals surface area contributed by atoms with Gasteiger partial charge in [-0.3, -0.25) is 0 Å². The van der Waals surface area contributed by atoms with Gasteiger partial charge >= 0.3 is 0 Å². The first-order chi connectivity index (χ1) is 10.4. The summed E-state index contributed by atoms with van der Waals surface area (Å²) in [5.41, 5.74) is 7.20. The van der Waals surface area contributed by atoms with E-state index in [1.165, 1.54) is 0 Å². The minimum Gasteiger partial charge on any atom is -0.598 e. The molecule has 0 bridgehead atoms. The van der Waals surface area contributed by atoms with Gasteiger partial charge in [-0.25, -0.2) is 8.78 Å². The van der Waals surface area contributed by atoms with Crippen LogP contribution >= 0.6 is 0 Å². The summed E-state index contributed by atoms with van der Waals surface area (Å²) in [7, 11) is 0. The second-order valence-corrected chi connectivity index (χ2v) is 8.65. The van der Waals surface area contributed by atoms with Crippen LogP contribution in [-0.4, -0.2) is 21.8 Å². The molecule has 7 heteroatoms. The average Bonchev–Trinajstić information content (AvgIpc) is 2.42. The van der Waals surface area contributed by atoms with Crippen molar-refractivity contribution in [2.45, 2.75) is 57.9 Å². The maximum atomic E-state index is 12.9. The Morgan fingerprint density at radius 2 is 1.91 bits per heavy atom. The summed E-state index contributed by atoms with van der Waals surface area (Å²) in [5, 5.41) is 0. The SMILES string of the molecule is CC(N[S@+]([O-])C(C)(C)C)c1ccc(OCC(C)(F)F)c(CN)c1. The molecular formula is C16H26F2N2O2S. The number of halogens is 2. The molecule has 0 saturated carbocycles. The van der Waals surface area contributed by atoms with Gasteiger partial charge in [0.2, 0.25) is 0 Å². The molecule has 0 aliphatic carbocycles. The summed E-state index contributed by atoms with van der Waals surface area (Å²) in [5.74, 6) is -2.55. The highest BCUT2D eigenvalue weighted by molar-refractivity contribution is 7.90. The molecule has 0 heterocycles. The maximum absolute atomic E-state index is 12.9. The van der Waals surface area contributed by atoms with Gasteiger partial charge in [-0.15, -0.1) is 4.72 Å². The van der Waals surface area contributed by atoms with Crippen molar-refractivity contribution < 1.29 is 18.1 Å². The van der Waals surface area contributed by atoms with Crippen LogP contribution in [0.4, 0.5) is 8.78 Å². The number of hydrogen-bond acceptors (Lipinski definition) is 4. The highest BCUT2D eigenvalue weighted by Gasteiger charge is 2.28. The van der Waals surface area contributed by atoms with E-state index in [9.17, 15) is 13.3 Å². The molecule has 1 rings (SSSR count). The maximum Gasteiger partial charge on any atom is 0.278 e. The number of ether oxygens (including phenoxy) is 1. The second-order valence-electron chi connectivity index (χ2n) is 6.65. The lowest BCUT2D eigenvalue weighted by Crippen LogP contribution is -2.40. The van der Waals surface area contributed by atoms with Crippen molar-refractivity contribution >= 4 is 11.4 Å². The molecule has 0 aliphatic rings. The standard InChI is InChI=1S/C16H26F2N2O2S/c1-11(20-23(21)15(2,3)4)12-6-7-14(13(8-12)9-19)22-10-16(5,17)18/h6-8,11,20H,9-10,19H2,1-5H3/t11?,23-/m1/s1. The van der Waals surface area contributed by atoms with Crippen molar-refractivity contribution in [2.75, 3.05) is 6.61 Å². The zero-order chi connectivity index (χ0) is 17.8. The topological polar surface area (TPSA) is 70.3 Å². The molecule has 4 nitrogen and oxygen atoms in total. The number of rotatable bonds is 7. The zero-order valence-electron chi connectivity index (χ0n) is 14.3.